The Hall–Kier alpha value is -3.64. The topological polar surface area (TPSA) is 66.5 Å². The monoisotopic (exact) mass is 486 g/mol. The van der Waals surface area contributed by atoms with Crippen LogP contribution in [0.1, 0.15) is 28.7 Å². The molecule has 35 heavy (non-hydrogen) atoms. The van der Waals surface area contributed by atoms with Gasteiger partial charge in [-0.3, -0.25) is 9.10 Å². The maximum atomic E-state index is 13.9. The minimum Gasteiger partial charge on any atom is -0.326 e. The summed E-state index contributed by atoms with van der Waals surface area (Å²) in [5, 5.41) is 4.73. The molecule has 0 aliphatic heterocycles. The molecule has 4 rings (SSSR count). The van der Waals surface area contributed by atoms with Crippen molar-refractivity contribution >= 4 is 38.1 Å². The van der Waals surface area contributed by atoms with Gasteiger partial charge in [0.15, 0.2) is 0 Å². The lowest BCUT2D eigenvalue weighted by Gasteiger charge is -2.25. The van der Waals surface area contributed by atoms with E-state index in [9.17, 15) is 13.2 Å². The SMILES string of the molecule is Cc1cc(C)cc(NC(=O)CCN(c2cc(C)cc(C)c2)S(=O)(=O)c2ccc3ccccc3c2)c1. The summed E-state index contributed by atoms with van der Waals surface area (Å²) in [5.41, 5.74) is 5.28. The molecule has 0 fully saturated rings. The van der Waals surface area contributed by atoms with Gasteiger partial charge in [-0.2, -0.15) is 0 Å². The average Bonchev–Trinajstić information content (AvgIpc) is 2.77. The molecule has 0 atom stereocenters. The molecule has 0 radical (unpaired) electrons. The third-order valence-electron chi connectivity index (χ3n) is 5.85. The first kappa shape index (κ1) is 24.5. The highest BCUT2D eigenvalue weighted by Gasteiger charge is 2.26. The quantitative estimate of drug-likeness (QED) is 0.333. The Balaban J connectivity index is 1.66. The van der Waals surface area contributed by atoms with Crippen LogP contribution in [0.25, 0.3) is 10.8 Å². The number of carbonyl (C=O) groups excluding carboxylic acids is 1. The number of benzene rings is 4. The van der Waals surface area contributed by atoms with E-state index < -0.39 is 10.0 Å². The summed E-state index contributed by atoms with van der Waals surface area (Å²) >= 11 is 0. The Bertz CT molecular complexity index is 1470. The zero-order valence-electron chi connectivity index (χ0n) is 20.5. The summed E-state index contributed by atoms with van der Waals surface area (Å²) in [6.45, 7) is 7.84. The van der Waals surface area contributed by atoms with Crippen LogP contribution in [0.5, 0.6) is 0 Å². The summed E-state index contributed by atoms with van der Waals surface area (Å²) in [5.74, 6) is -0.238. The van der Waals surface area contributed by atoms with Crippen molar-refractivity contribution in [2.75, 3.05) is 16.2 Å². The van der Waals surface area contributed by atoms with Gasteiger partial charge in [0.25, 0.3) is 10.0 Å². The first-order chi connectivity index (χ1) is 16.6. The molecule has 6 heteroatoms. The molecule has 5 nitrogen and oxygen atoms in total. The molecule has 180 valence electrons. The fraction of sp³-hybridized carbons (Fsp3) is 0.207. The number of sulfonamides is 1. The van der Waals surface area contributed by atoms with Gasteiger partial charge >= 0.3 is 0 Å². The molecule has 4 aromatic rings. The van der Waals surface area contributed by atoms with Gasteiger partial charge in [0.05, 0.1) is 10.6 Å². The van der Waals surface area contributed by atoms with Crippen molar-refractivity contribution in [3.63, 3.8) is 0 Å². The van der Waals surface area contributed by atoms with Crippen LogP contribution >= 0.6 is 0 Å². The molecule has 0 spiro atoms. The van der Waals surface area contributed by atoms with Crippen molar-refractivity contribution < 1.29 is 13.2 Å². The van der Waals surface area contributed by atoms with Crippen LogP contribution in [0.4, 0.5) is 11.4 Å². The number of hydrogen-bond donors (Lipinski definition) is 1. The third-order valence-corrected chi connectivity index (χ3v) is 7.67. The maximum Gasteiger partial charge on any atom is 0.264 e. The van der Waals surface area contributed by atoms with Gasteiger partial charge < -0.3 is 5.32 Å². The first-order valence-electron chi connectivity index (χ1n) is 11.6. The Morgan fingerprint density at radius 2 is 1.31 bits per heavy atom. The van der Waals surface area contributed by atoms with Crippen molar-refractivity contribution in [1.82, 2.24) is 0 Å². The van der Waals surface area contributed by atoms with Crippen LogP contribution in [-0.2, 0) is 14.8 Å². The van der Waals surface area contributed by atoms with Gasteiger partial charge in [0.1, 0.15) is 0 Å². The summed E-state index contributed by atoms with van der Waals surface area (Å²) in [6.07, 6.45) is 0.0206. The van der Waals surface area contributed by atoms with Gasteiger partial charge in [-0.05, 0) is 97.1 Å². The molecule has 1 N–H and O–H groups in total. The van der Waals surface area contributed by atoms with Crippen LogP contribution in [0.2, 0.25) is 0 Å². The van der Waals surface area contributed by atoms with Crippen LogP contribution < -0.4 is 9.62 Å². The van der Waals surface area contributed by atoms with Gasteiger partial charge in [-0.1, -0.05) is 42.5 Å². The molecule has 0 saturated heterocycles. The molecular weight excluding hydrogens is 456 g/mol. The highest BCUT2D eigenvalue weighted by atomic mass is 32.2. The summed E-state index contributed by atoms with van der Waals surface area (Å²) < 4.78 is 29.1. The molecule has 0 aliphatic rings. The minimum absolute atomic E-state index is 0.0206. The van der Waals surface area contributed by atoms with E-state index in [2.05, 4.69) is 5.32 Å². The van der Waals surface area contributed by atoms with Crippen molar-refractivity contribution in [1.29, 1.82) is 0 Å². The number of hydrogen-bond acceptors (Lipinski definition) is 3. The molecule has 1 amide bonds. The molecule has 0 unspecified atom stereocenters. The summed E-state index contributed by atoms with van der Waals surface area (Å²) in [7, 11) is -3.91. The standard InChI is InChI=1S/C29H30N2O3S/c1-20-13-21(2)16-26(15-20)30-29(32)11-12-31(27-17-22(3)14-23(4)18-27)35(33,34)28-10-9-24-7-5-6-8-25(24)19-28/h5-10,13-19H,11-12H2,1-4H3,(H,30,32). The molecule has 0 aromatic heterocycles. The van der Waals surface area contributed by atoms with E-state index in [4.69, 9.17) is 0 Å². The van der Waals surface area contributed by atoms with E-state index >= 15 is 0 Å². The number of nitrogens with one attached hydrogen (secondary N) is 1. The summed E-state index contributed by atoms with van der Waals surface area (Å²) in [6, 6.07) is 24.3. The largest absolute Gasteiger partial charge is 0.326 e. The molecule has 4 aromatic carbocycles. The second kappa shape index (κ2) is 9.92. The van der Waals surface area contributed by atoms with E-state index in [-0.39, 0.29) is 23.8 Å². The number of carbonyl (C=O) groups is 1. The van der Waals surface area contributed by atoms with E-state index in [1.807, 2.05) is 94.4 Å². The van der Waals surface area contributed by atoms with Crippen LogP contribution in [0.15, 0.2) is 83.8 Å². The van der Waals surface area contributed by atoms with Crippen molar-refractivity contribution in [2.24, 2.45) is 0 Å². The van der Waals surface area contributed by atoms with Gasteiger partial charge in [0.2, 0.25) is 5.91 Å². The van der Waals surface area contributed by atoms with Gasteiger partial charge in [-0.25, -0.2) is 8.42 Å². The van der Waals surface area contributed by atoms with Gasteiger partial charge in [-0.15, -0.1) is 0 Å². The highest BCUT2D eigenvalue weighted by molar-refractivity contribution is 7.92. The summed E-state index contributed by atoms with van der Waals surface area (Å²) in [4.78, 5) is 13.0. The van der Waals surface area contributed by atoms with E-state index in [0.717, 1.165) is 33.0 Å². The Labute approximate surface area is 207 Å². The lowest BCUT2D eigenvalue weighted by molar-refractivity contribution is -0.116. The second-order valence-electron chi connectivity index (χ2n) is 9.11. The molecule has 0 bridgehead atoms. The third kappa shape index (κ3) is 5.72. The normalized spacial score (nSPS) is 11.4. The van der Waals surface area contributed by atoms with Crippen molar-refractivity contribution in [3.8, 4) is 0 Å². The fourth-order valence-corrected chi connectivity index (χ4v) is 5.90. The zero-order chi connectivity index (χ0) is 25.2. The highest BCUT2D eigenvalue weighted by Crippen LogP contribution is 2.28. The maximum absolute atomic E-state index is 13.9. The number of nitrogens with zero attached hydrogens (tertiary/aromatic N) is 1. The number of amides is 1. The Kier molecular flexibility index (Phi) is 6.94. The van der Waals surface area contributed by atoms with Crippen molar-refractivity contribution in [2.45, 2.75) is 39.0 Å². The van der Waals surface area contributed by atoms with Crippen LogP contribution in [-0.4, -0.2) is 20.9 Å². The molecule has 0 saturated carbocycles. The Morgan fingerprint density at radius 3 is 1.94 bits per heavy atom. The predicted octanol–water partition coefficient (Wildman–Crippen LogP) is 6.30. The molecule has 0 heterocycles. The lowest BCUT2D eigenvalue weighted by atomic mass is 10.1. The van der Waals surface area contributed by atoms with Crippen molar-refractivity contribution in [3.05, 3.63) is 101 Å². The fourth-order valence-electron chi connectivity index (χ4n) is 4.41. The van der Waals surface area contributed by atoms with Gasteiger partial charge in [0, 0.05) is 18.7 Å². The Morgan fingerprint density at radius 1 is 0.743 bits per heavy atom. The lowest BCUT2D eigenvalue weighted by Crippen LogP contribution is -2.34. The number of rotatable bonds is 7. The first-order valence-corrected chi connectivity index (χ1v) is 13.0. The number of aryl methyl sites for hydroxylation is 4. The average molecular weight is 487 g/mol. The van der Waals surface area contributed by atoms with Crippen LogP contribution in [0.3, 0.4) is 0 Å². The number of fused-ring (bicyclic) bond motifs is 1. The van der Waals surface area contributed by atoms with E-state index in [1.54, 1.807) is 12.1 Å². The predicted molar refractivity (Wildman–Crippen MR) is 144 cm³/mol. The van der Waals surface area contributed by atoms with Crippen LogP contribution in [0, 0.1) is 27.7 Å². The van der Waals surface area contributed by atoms with E-state index in [1.165, 1.54) is 4.31 Å². The number of anilines is 2. The molecular formula is C29H30N2O3S. The molecule has 0 aliphatic carbocycles. The smallest absolute Gasteiger partial charge is 0.264 e. The zero-order valence-corrected chi connectivity index (χ0v) is 21.3. The second-order valence-corrected chi connectivity index (χ2v) is 11.0. The minimum atomic E-state index is -3.91. The van der Waals surface area contributed by atoms with E-state index in [0.29, 0.717) is 11.4 Å².